The Balaban J connectivity index is 1.33. The Morgan fingerprint density at radius 1 is 1.06 bits per heavy atom. The van der Waals surface area contributed by atoms with E-state index in [-0.39, 0.29) is 11.7 Å². The van der Waals surface area contributed by atoms with Gasteiger partial charge in [0.05, 0.1) is 23.1 Å². The first kappa shape index (κ1) is 35.3. The summed E-state index contributed by atoms with van der Waals surface area (Å²) in [6, 6.07) is 17.3. The summed E-state index contributed by atoms with van der Waals surface area (Å²) < 4.78 is 63.8. The first-order valence-corrected chi connectivity index (χ1v) is 17.9. The van der Waals surface area contributed by atoms with Crippen LogP contribution in [0.25, 0.3) is 17.1 Å². The van der Waals surface area contributed by atoms with Gasteiger partial charge in [-0.15, -0.1) is 5.10 Å². The van der Waals surface area contributed by atoms with Gasteiger partial charge in [0.15, 0.2) is 27.6 Å². The number of halogens is 3. The third kappa shape index (κ3) is 7.92. The predicted octanol–water partition coefficient (Wildman–Crippen LogP) is 6.25. The van der Waals surface area contributed by atoms with Crippen LogP contribution >= 0.6 is 0 Å². The van der Waals surface area contributed by atoms with Gasteiger partial charge >= 0.3 is 6.18 Å². The highest BCUT2D eigenvalue weighted by molar-refractivity contribution is 7.86. The summed E-state index contributed by atoms with van der Waals surface area (Å²) in [6.45, 7) is 4.20. The number of alkyl halides is 3. The number of nitrogens with one attached hydrogen (secondary N) is 2. The van der Waals surface area contributed by atoms with Crippen LogP contribution in [-0.4, -0.2) is 67.9 Å². The number of ether oxygens (including phenoxy) is 1. The summed E-state index contributed by atoms with van der Waals surface area (Å²) in [7, 11) is -1.81. The highest BCUT2D eigenvalue weighted by atomic mass is 32.2. The van der Waals surface area contributed by atoms with Gasteiger partial charge in [-0.25, -0.2) is 23.8 Å². The average Bonchev–Trinajstić information content (AvgIpc) is 3.78. The third-order valence-corrected chi connectivity index (χ3v) is 10.2. The fourth-order valence-electron chi connectivity index (χ4n) is 6.04. The van der Waals surface area contributed by atoms with Crippen LogP contribution in [0, 0.1) is 22.2 Å². The van der Waals surface area contributed by atoms with Crippen LogP contribution < -0.4 is 19.7 Å². The van der Waals surface area contributed by atoms with E-state index in [1.54, 1.807) is 12.3 Å². The number of aromatic nitrogens is 5. The van der Waals surface area contributed by atoms with Gasteiger partial charge in [-0.2, -0.15) is 18.4 Å². The van der Waals surface area contributed by atoms with Gasteiger partial charge in [0.2, 0.25) is 5.88 Å². The molecule has 2 atom stereocenters. The highest BCUT2D eigenvalue weighted by Gasteiger charge is 2.48. The van der Waals surface area contributed by atoms with Crippen molar-refractivity contribution in [3.8, 4) is 29.0 Å². The van der Waals surface area contributed by atoms with Gasteiger partial charge in [0.1, 0.15) is 18.1 Å². The number of fused-ring (bicyclic) bond motifs is 6. The molecule has 0 saturated carbocycles. The maximum absolute atomic E-state index is 13.7. The van der Waals surface area contributed by atoms with E-state index in [1.807, 2.05) is 36.4 Å². The highest BCUT2D eigenvalue weighted by Crippen LogP contribution is 2.38. The number of rotatable bonds is 6. The van der Waals surface area contributed by atoms with Gasteiger partial charge in [-0.05, 0) is 63.8 Å². The Morgan fingerprint density at radius 3 is 2.66 bits per heavy atom. The molecule has 0 aliphatic carbocycles. The van der Waals surface area contributed by atoms with Crippen LogP contribution in [0.4, 0.5) is 24.8 Å². The average molecular weight is 708 g/mol. The monoisotopic (exact) mass is 707 g/mol. The third-order valence-electron chi connectivity index (χ3n) is 9.17. The summed E-state index contributed by atoms with van der Waals surface area (Å²) in [5.41, 5.74) is -0.282. The quantitative estimate of drug-likeness (QED) is 0.239. The molecular weight excluding hydrogens is 668 g/mol. The Kier molecular flexibility index (Phi) is 10.4. The molecule has 5 heterocycles. The number of hydrogen-bond donors (Lipinski definition) is 2. The number of nitriles is 1. The summed E-state index contributed by atoms with van der Waals surface area (Å²) in [5.74, 6) is 1.25. The fourth-order valence-corrected chi connectivity index (χ4v) is 6.81. The zero-order valence-corrected chi connectivity index (χ0v) is 28.9. The molecule has 4 aromatic rings. The minimum atomic E-state index is -4.44. The maximum Gasteiger partial charge on any atom is 0.397 e. The summed E-state index contributed by atoms with van der Waals surface area (Å²) in [5, 5.41) is 18.1. The molecule has 15 heteroatoms. The molecule has 4 bridgehead atoms. The minimum Gasteiger partial charge on any atom is -0.476 e. The summed E-state index contributed by atoms with van der Waals surface area (Å²) in [6.07, 6.45) is 3.88. The van der Waals surface area contributed by atoms with E-state index in [0.29, 0.717) is 35.4 Å². The molecule has 6 rings (SSSR count). The van der Waals surface area contributed by atoms with Crippen LogP contribution in [0.1, 0.15) is 51.5 Å². The maximum atomic E-state index is 13.7. The smallest absolute Gasteiger partial charge is 0.397 e. The number of pyridine rings is 1. The van der Waals surface area contributed by atoms with E-state index in [2.05, 4.69) is 31.1 Å². The summed E-state index contributed by atoms with van der Waals surface area (Å²) >= 11 is 0. The predicted molar refractivity (Wildman–Crippen MR) is 184 cm³/mol. The number of hydrogen-bond acceptors (Lipinski definition) is 9. The van der Waals surface area contributed by atoms with E-state index < -0.39 is 34.6 Å². The van der Waals surface area contributed by atoms with Crippen molar-refractivity contribution in [1.82, 2.24) is 30.0 Å². The Labute approximate surface area is 291 Å². The number of nitrogens with zero attached hydrogens (tertiary/aromatic N) is 7. The molecule has 0 amide bonds. The van der Waals surface area contributed by atoms with Crippen molar-refractivity contribution in [2.45, 2.75) is 63.6 Å². The molecule has 1 fully saturated rings. The molecule has 2 unspecified atom stereocenters. The molecule has 2 N–H and O–H groups in total. The van der Waals surface area contributed by atoms with Gasteiger partial charge in [-0.1, -0.05) is 43.2 Å². The van der Waals surface area contributed by atoms with Crippen molar-refractivity contribution in [3.05, 3.63) is 66.5 Å². The van der Waals surface area contributed by atoms with Gasteiger partial charge in [0.25, 0.3) is 0 Å². The lowest BCUT2D eigenvalue weighted by molar-refractivity contribution is -0.219. The number of aryl methyl sites for hydroxylation is 1. The molecule has 264 valence electrons. The topological polar surface area (TPSA) is 134 Å². The van der Waals surface area contributed by atoms with Crippen molar-refractivity contribution in [3.63, 3.8) is 0 Å². The Bertz CT molecular complexity index is 1870. The lowest BCUT2D eigenvalue weighted by atomic mass is 9.88. The molecule has 11 nitrogen and oxygen atoms in total. The van der Waals surface area contributed by atoms with Crippen LogP contribution in [0.2, 0.25) is 0 Å². The first-order chi connectivity index (χ1) is 24.0. The molecule has 0 spiro atoms. The van der Waals surface area contributed by atoms with Crippen LogP contribution in [0.15, 0.2) is 66.0 Å². The van der Waals surface area contributed by atoms with E-state index in [9.17, 15) is 22.6 Å². The van der Waals surface area contributed by atoms with Crippen molar-refractivity contribution in [2.75, 3.05) is 42.4 Å². The molecule has 3 aromatic heterocycles. The molecular formula is C35H40F3N9O2S. The van der Waals surface area contributed by atoms with E-state index in [0.717, 1.165) is 76.6 Å². The molecule has 1 aromatic carbocycles. The van der Waals surface area contributed by atoms with Crippen LogP contribution in [0.3, 0.4) is 0 Å². The zero-order valence-electron chi connectivity index (χ0n) is 28.0. The molecule has 0 radical (unpaired) electrons. The standard InChI is InChI=1S/C35H40F3N9O2S/c1-33(2,35(36,37)38)24-49-29-15-19-47(44-29)32-31-26-12-7-6-11-25(26)10-5-3-4-8-18-46(23-34(21-39)16-17-40-22-34)28-13-9-14-30(43-28)50(48)45-27(42-31)20-41-32/h6-7,9,11-15,19-20,40H,3-5,8,10,16-18,22-24H2,1-2H3,(H,42,45). The Hall–Kier alpha value is -4.55. The Morgan fingerprint density at radius 2 is 1.88 bits per heavy atom. The molecule has 2 aliphatic rings. The van der Waals surface area contributed by atoms with Crippen LogP contribution in [-0.2, 0) is 17.4 Å². The lowest BCUT2D eigenvalue weighted by Gasteiger charge is -2.31. The first-order valence-electron chi connectivity index (χ1n) is 16.7. The van der Waals surface area contributed by atoms with E-state index >= 15 is 0 Å². The van der Waals surface area contributed by atoms with Gasteiger partial charge < -0.3 is 15.0 Å². The zero-order chi connectivity index (χ0) is 35.4. The van der Waals surface area contributed by atoms with E-state index in [4.69, 9.17) is 14.7 Å². The largest absolute Gasteiger partial charge is 0.476 e. The summed E-state index contributed by atoms with van der Waals surface area (Å²) in [4.78, 5) is 16.4. The van der Waals surface area contributed by atoms with Gasteiger partial charge in [-0.3, -0.25) is 4.72 Å². The minimum absolute atomic E-state index is 0.0158. The van der Waals surface area contributed by atoms with Crippen molar-refractivity contribution in [2.24, 2.45) is 10.8 Å². The van der Waals surface area contributed by atoms with E-state index in [1.165, 1.54) is 16.9 Å². The van der Waals surface area contributed by atoms with Crippen molar-refractivity contribution in [1.29, 1.82) is 5.26 Å². The molecule has 2 aliphatic heterocycles. The molecule has 50 heavy (non-hydrogen) atoms. The normalized spacial score (nSPS) is 20.3. The van der Waals surface area contributed by atoms with Crippen LogP contribution in [0.5, 0.6) is 5.88 Å². The molecule has 1 saturated heterocycles. The van der Waals surface area contributed by atoms with Gasteiger partial charge in [0, 0.05) is 37.5 Å². The fraction of sp³-hybridized carbons (Fsp3) is 0.457. The van der Waals surface area contributed by atoms with Crippen molar-refractivity contribution < 1.29 is 22.1 Å². The van der Waals surface area contributed by atoms with Crippen molar-refractivity contribution >= 4 is 22.6 Å². The number of anilines is 2. The number of benzene rings is 1. The second-order valence-electron chi connectivity index (χ2n) is 13.5. The lowest BCUT2D eigenvalue weighted by Crippen LogP contribution is -2.39. The second-order valence-corrected chi connectivity index (χ2v) is 14.6. The SMILES string of the molecule is CC(C)(COc1ccn(-c2ncc3nc2-c2ccccc2CCCCCCN(CC2(C#N)CCNC2)c2cccc(n2)S(=O)N3)n1)C(F)(F)F. The second kappa shape index (κ2) is 14.7.